The molecule has 0 saturated carbocycles. The predicted molar refractivity (Wildman–Crippen MR) is 72.4 cm³/mol. The van der Waals surface area contributed by atoms with E-state index in [2.05, 4.69) is 39.6 Å². The first-order valence-corrected chi connectivity index (χ1v) is 6.99. The highest BCUT2D eigenvalue weighted by Crippen LogP contribution is 2.10. The van der Waals surface area contributed by atoms with Gasteiger partial charge in [0.05, 0.1) is 0 Å². The van der Waals surface area contributed by atoms with Crippen LogP contribution in [-0.4, -0.2) is 6.16 Å². The monoisotopic (exact) mass is 222 g/mol. The molecule has 1 aromatic carbocycles. The Morgan fingerprint density at radius 2 is 1.33 bits per heavy atom. The van der Waals surface area contributed by atoms with Crippen molar-refractivity contribution in [2.75, 3.05) is 6.16 Å². The lowest BCUT2D eigenvalue weighted by Gasteiger charge is -2.01. The Hall–Kier alpha value is -0.350. The average Bonchev–Trinajstić information content (AvgIpc) is 2.29. The first-order chi connectivity index (χ1) is 7.43. The number of unbranched alkanes of at least 4 members (excludes halogenated alkanes) is 5. The van der Waals surface area contributed by atoms with Gasteiger partial charge in [0.15, 0.2) is 0 Å². The molecule has 84 valence electrons. The molecule has 0 radical (unpaired) electrons. The van der Waals surface area contributed by atoms with Crippen LogP contribution < -0.4 is 0 Å². The fourth-order valence-electron chi connectivity index (χ4n) is 1.83. The highest BCUT2D eigenvalue weighted by molar-refractivity contribution is 7.16. The lowest BCUT2D eigenvalue weighted by atomic mass is 10.1. The molecular weight excluding hydrogens is 199 g/mol. The summed E-state index contributed by atoms with van der Waals surface area (Å²) in [7, 11) is 2.80. The standard InChI is InChI=1S/C14H23P/c15-13-9-4-2-1-3-6-10-14-11-7-5-8-12-14/h5,7-8,11-12H,1-4,6,9-10,13,15H2. The van der Waals surface area contributed by atoms with E-state index >= 15 is 0 Å². The van der Waals surface area contributed by atoms with Crippen molar-refractivity contribution < 1.29 is 0 Å². The first-order valence-electron chi connectivity index (χ1n) is 6.17. The summed E-state index contributed by atoms with van der Waals surface area (Å²) in [5, 5.41) is 0. The van der Waals surface area contributed by atoms with Crippen LogP contribution in [0.25, 0.3) is 0 Å². The van der Waals surface area contributed by atoms with Crippen LogP contribution in [0.3, 0.4) is 0 Å². The number of aryl methyl sites for hydroxylation is 1. The van der Waals surface area contributed by atoms with Crippen molar-refractivity contribution in [3.05, 3.63) is 35.9 Å². The van der Waals surface area contributed by atoms with Gasteiger partial charge in [0, 0.05) is 0 Å². The Bertz CT molecular complexity index is 230. The summed E-state index contributed by atoms with van der Waals surface area (Å²) in [6.07, 6.45) is 10.9. The third kappa shape index (κ3) is 6.68. The van der Waals surface area contributed by atoms with Gasteiger partial charge in [-0.15, -0.1) is 9.24 Å². The van der Waals surface area contributed by atoms with Crippen LogP contribution in [0.4, 0.5) is 0 Å². The van der Waals surface area contributed by atoms with Gasteiger partial charge in [-0.3, -0.25) is 0 Å². The second-order valence-electron chi connectivity index (χ2n) is 4.15. The van der Waals surface area contributed by atoms with Crippen molar-refractivity contribution in [2.24, 2.45) is 0 Å². The minimum absolute atomic E-state index is 1.25. The van der Waals surface area contributed by atoms with E-state index in [1.807, 2.05) is 0 Å². The molecule has 1 atom stereocenters. The van der Waals surface area contributed by atoms with E-state index in [0.717, 1.165) is 0 Å². The zero-order valence-electron chi connectivity index (χ0n) is 9.62. The van der Waals surface area contributed by atoms with Gasteiger partial charge in [0.1, 0.15) is 0 Å². The van der Waals surface area contributed by atoms with Crippen LogP contribution in [0.1, 0.15) is 44.1 Å². The van der Waals surface area contributed by atoms with Gasteiger partial charge >= 0.3 is 0 Å². The molecule has 0 aliphatic carbocycles. The van der Waals surface area contributed by atoms with Gasteiger partial charge in [-0.25, -0.2) is 0 Å². The zero-order valence-corrected chi connectivity index (χ0v) is 10.8. The lowest BCUT2D eigenvalue weighted by molar-refractivity contribution is 0.609. The van der Waals surface area contributed by atoms with E-state index in [9.17, 15) is 0 Å². The largest absolute Gasteiger partial charge is 0.138 e. The van der Waals surface area contributed by atoms with Gasteiger partial charge in [-0.1, -0.05) is 56.0 Å². The molecule has 0 saturated heterocycles. The van der Waals surface area contributed by atoms with E-state index in [0.29, 0.717) is 0 Å². The molecule has 1 heteroatoms. The quantitative estimate of drug-likeness (QED) is 0.450. The number of benzene rings is 1. The molecule has 0 aliphatic rings. The van der Waals surface area contributed by atoms with Gasteiger partial charge < -0.3 is 0 Å². The van der Waals surface area contributed by atoms with Crippen LogP contribution in [0.2, 0.25) is 0 Å². The molecule has 15 heavy (non-hydrogen) atoms. The second-order valence-corrected chi connectivity index (χ2v) is 4.72. The summed E-state index contributed by atoms with van der Waals surface area (Å²) in [5.74, 6) is 0. The Balaban J connectivity index is 1.93. The number of hydrogen-bond donors (Lipinski definition) is 0. The fourth-order valence-corrected chi connectivity index (χ4v) is 2.11. The minimum Gasteiger partial charge on any atom is -0.138 e. The van der Waals surface area contributed by atoms with E-state index < -0.39 is 0 Å². The van der Waals surface area contributed by atoms with Crippen molar-refractivity contribution in [3.63, 3.8) is 0 Å². The molecule has 1 unspecified atom stereocenters. The summed E-state index contributed by atoms with van der Waals surface area (Å²) < 4.78 is 0. The van der Waals surface area contributed by atoms with Gasteiger partial charge in [-0.05, 0) is 31.0 Å². The van der Waals surface area contributed by atoms with Crippen LogP contribution >= 0.6 is 9.24 Å². The summed E-state index contributed by atoms with van der Waals surface area (Å²) >= 11 is 0. The molecule has 1 rings (SSSR count). The molecule has 0 aliphatic heterocycles. The highest BCUT2D eigenvalue weighted by Gasteiger charge is 1.92. The van der Waals surface area contributed by atoms with Crippen molar-refractivity contribution >= 4 is 9.24 Å². The van der Waals surface area contributed by atoms with Crippen LogP contribution in [-0.2, 0) is 6.42 Å². The maximum Gasteiger partial charge on any atom is -0.0279 e. The molecule has 0 N–H and O–H groups in total. The summed E-state index contributed by atoms with van der Waals surface area (Å²) in [6.45, 7) is 0. The normalized spacial score (nSPS) is 10.5. The zero-order chi connectivity index (χ0) is 10.8. The average molecular weight is 222 g/mol. The first kappa shape index (κ1) is 12.7. The smallest absolute Gasteiger partial charge is 0.0279 e. The van der Waals surface area contributed by atoms with Crippen LogP contribution in [0, 0.1) is 0 Å². The van der Waals surface area contributed by atoms with Crippen molar-refractivity contribution in [1.29, 1.82) is 0 Å². The molecule has 0 spiro atoms. The van der Waals surface area contributed by atoms with Gasteiger partial charge in [0.25, 0.3) is 0 Å². The highest BCUT2D eigenvalue weighted by atomic mass is 31.0. The van der Waals surface area contributed by atoms with E-state index in [1.165, 1.54) is 56.7 Å². The Morgan fingerprint density at radius 3 is 2.00 bits per heavy atom. The molecule has 0 heterocycles. The van der Waals surface area contributed by atoms with E-state index in [4.69, 9.17) is 0 Å². The Kier molecular flexibility index (Phi) is 7.56. The van der Waals surface area contributed by atoms with Crippen molar-refractivity contribution in [2.45, 2.75) is 44.9 Å². The summed E-state index contributed by atoms with van der Waals surface area (Å²) in [6, 6.07) is 10.8. The molecule has 1 aromatic rings. The summed E-state index contributed by atoms with van der Waals surface area (Å²) in [4.78, 5) is 0. The predicted octanol–water partition coefficient (Wildman–Crippen LogP) is 4.44. The lowest BCUT2D eigenvalue weighted by Crippen LogP contribution is -1.85. The Labute approximate surface area is 96.7 Å². The topological polar surface area (TPSA) is 0 Å². The molecule has 0 aromatic heterocycles. The van der Waals surface area contributed by atoms with Gasteiger partial charge in [0.2, 0.25) is 0 Å². The molecule has 0 nitrogen and oxygen atoms in total. The number of rotatable bonds is 8. The third-order valence-electron chi connectivity index (χ3n) is 2.76. The van der Waals surface area contributed by atoms with E-state index in [1.54, 1.807) is 0 Å². The maximum absolute atomic E-state index is 2.80. The van der Waals surface area contributed by atoms with Crippen LogP contribution in [0.5, 0.6) is 0 Å². The molecule has 0 amide bonds. The van der Waals surface area contributed by atoms with Gasteiger partial charge in [-0.2, -0.15) is 0 Å². The third-order valence-corrected chi connectivity index (χ3v) is 3.17. The van der Waals surface area contributed by atoms with Crippen molar-refractivity contribution in [3.8, 4) is 0 Å². The fraction of sp³-hybridized carbons (Fsp3) is 0.571. The maximum atomic E-state index is 2.80. The molecular formula is C14H23P. The summed E-state index contributed by atoms with van der Waals surface area (Å²) in [5.41, 5.74) is 1.49. The van der Waals surface area contributed by atoms with Crippen molar-refractivity contribution in [1.82, 2.24) is 0 Å². The SMILES string of the molecule is PCCCCCCCCc1ccccc1. The molecule has 0 fully saturated rings. The van der Waals surface area contributed by atoms with Crippen LogP contribution in [0.15, 0.2) is 30.3 Å². The molecule has 0 bridgehead atoms. The minimum atomic E-state index is 1.25. The van der Waals surface area contributed by atoms with E-state index in [-0.39, 0.29) is 0 Å². The number of hydrogen-bond acceptors (Lipinski definition) is 0. The Morgan fingerprint density at radius 1 is 0.733 bits per heavy atom. The second kappa shape index (κ2) is 8.92.